The highest BCUT2D eigenvalue weighted by molar-refractivity contribution is 5.74. The number of carboxylic acids is 1. The van der Waals surface area contributed by atoms with Gasteiger partial charge in [0.2, 0.25) is 0 Å². The van der Waals surface area contributed by atoms with Gasteiger partial charge in [0.15, 0.2) is 11.5 Å². The van der Waals surface area contributed by atoms with E-state index in [-0.39, 0.29) is 13.2 Å². The molecule has 0 amide bonds. The molecule has 0 bridgehead atoms. The van der Waals surface area contributed by atoms with E-state index in [1.165, 1.54) is 0 Å². The van der Waals surface area contributed by atoms with Crippen LogP contribution in [-0.4, -0.2) is 31.3 Å². The lowest BCUT2D eigenvalue weighted by atomic mass is 9.87. The summed E-state index contributed by atoms with van der Waals surface area (Å²) in [5.74, 6) is 0.320. The number of nitrogens with two attached hydrogens (primary N) is 1. The Morgan fingerprint density at radius 1 is 1.39 bits per heavy atom. The fraction of sp³-hybridized carbons (Fsp3) is 0.462. The molecule has 0 saturated carbocycles. The average Bonchev–Trinajstić information content (AvgIpc) is 2.38. The average molecular weight is 253 g/mol. The van der Waals surface area contributed by atoms with Gasteiger partial charge in [-0.3, -0.25) is 4.79 Å². The molecule has 100 valence electrons. The Kier molecular flexibility index (Phi) is 4.97. The lowest BCUT2D eigenvalue weighted by molar-refractivity contribution is -0.148. The molecular formula is C13H19NO4. The summed E-state index contributed by atoms with van der Waals surface area (Å²) in [7, 11) is 1.56. The molecule has 0 aromatic heterocycles. The van der Waals surface area contributed by atoms with E-state index in [0.29, 0.717) is 17.9 Å². The van der Waals surface area contributed by atoms with Gasteiger partial charge in [0.05, 0.1) is 19.1 Å². The summed E-state index contributed by atoms with van der Waals surface area (Å²) in [6, 6.07) is 7.23. The van der Waals surface area contributed by atoms with Crippen molar-refractivity contribution in [1.82, 2.24) is 0 Å². The second kappa shape index (κ2) is 6.26. The van der Waals surface area contributed by atoms with Crippen LogP contribution in [0.3, 0.4) is 0 Å². The molecule has 1 unspecified atom stereocenters. The monoisotopic (exact) mass is 253 g/mol. The topological polar surface area (TPSA) is 81.8 Å². The highest BCUT2D eigenvalue weighted by atomic mass is 16.5. The van der Waals surface area contributed by atoms with Crippen LogP contribution >= 0.6 is 0 Å². The molecule has 1 aromatic carbocycles. The van der Waals surface area contributed by atoms with E-state index in [0.717, 1.165) is 0 Å². The second-order valence-electron chi connectivity index (χ2n) is 4.32. The van der Waals surface area contributed by atoms with Gasteiger partial charge in [-0.05, 0) is 25.5 Å². The molecule has 0 aliphatic heterocycles. The predicted octanol–water partition coefficient (Wildman–Crippen LogP) is 1.51. The Hall–Kier alpha value is -1.75. The second-order valence-corrected chi connectivity index (χ2v) is 4.32. The van der Waals surface area contributed by atoms with E-state index in [1.807, 2.05) is 12.1 Å². The minimum absolute atomic E-state index is 0.0810. The smallest absolute Gasteiger partial charge is 0.310 e. The van der Waals surface area contributed by atoms with Crippen molar-refractivity contribution in [3.8, 4) is 11.5 Å². The number of aliphatic carboxylic acids is 1. The third-order valence-corrected chi connectivity index (χ3v) is 2.95. The Morgan fingerprint density at radius 2 is 2.00 bits per heavy atom. The van der Waals surface area contributed by atoms with Crippen LogP contribution in [0, 0.1) is 5.41 Å². The van der Waals surface area contributed by atoms with E-state index in [2.05, 4.69) is 0 Å². The zero-order valence-corrected chi connectivity index (χ0v) is 10.7. The maximum atomic E-state index is 11.1. The molecule has 0 aliphatic carbocycles. The van der Waals surface area contributed by atoms with E-state index >= 15 is 0 Å². The Balaban J connectivity index is 2.58. The highest BCUT2D eigenvalue weighted by Gasteiger charge is 2.31. The van der Waals surface area contributed by atoms with Gasteiger partial charge in [-0.25, -0.2) is 0 Å². The largest absolute Gasteiger partial charge is 0.493 e. The lowest BCUT2D eigenvalue weighted by Crippen LogP contribution is -2.37. The molecule has 0 spiro atoms. The van der Waals surface area contributed by atoms with Crippen molar-refractivity contribution in [2.75, 3.05) is 20.3 Å². The maximum Gasteiger partial charge on any atom is 0.310 e. The molecular weight excluding hydrogens is 234 g/mol. The molecule has 0 radical (unpaired) electrons. The zero-order chi connectivity index (χ0) is 13.6. The summed E-state index contributed by atoms with van der Waals surface area (Å²) >= 11 is 0. The van der Waals surface area contributed by atoms with Crippen LogP contribution in [0.15, 0.2) is 24.3 Å². The van der Waals surface area contributed by atoms with Crippen LogP contribution in [0.5, 0.6) is 11.5 Å². The molecule has 0 heterocycles. The fourth-order valence-corrected chi connectivity index (χ4v) is 1.42. The number of carboxylic acid groups (broad SMARTS) is 1. The summed E-state index contributed by atoms with van der Waals surface area (Å²) in [5, 5.41) is 9.07. The molecule has 5 nitrogen and oxygen atoms in total. The normalized spacial score (nSPS) is 13.7. The summed E-state index contributed by atoms with van der Waals surface area (Å²) in [6.07, 6.45) is 0.344. The molecule has 18 heavy (non-hydrogen) atoms. The van der Waals surface area contributed by atoms with Crippen molar-refractivity contribution in [2.24, 2.45) is 11.1 Å². The first-order valence-electron chi connectivity index (χ1n) is 5.73. The number of hydrogen-bond donors (Lipinski definition) is 2. The molecule has 1 rings (SSSR count). The van der Waals surface area contributed by atoms with Crippen molar-refractivity contribution in [1.29, 1.82) is 0 Å². The third kappa shape index (κ3) is 3.37. The maximum absolute atomic E-state index is 11.1. The van der Waals surface area contributed by atoms with Gasteiger partial charge in [0.25, 0.3) is 0 Å². The summed E-state index contributed by atoms with van der Waals surface area (Å²) in [5.41, 5.74) is 4.53. The summed E-state index contributed by atoms with van der Waals surface area (Å²) < 4.78 is 10.7. The van der Waals surface area contributed by atoms with Gasteiger partial charge in [-0.2, -0.15) is 0 Å². The Bertz CT molecular complexity index is 408. The first-order valence-corrected chi connectivity index (χ1v) is 5.73. The minimum atomic E-state index is -0.956. The molecule has 1 aromatic rings. The Labute approximate surface area is 107 Å². The van der Waals surface area contributed by atoms with Gasteiger partial charge < -0.3 is 20.3 Å². The first kappa shape index (κ1) is 14.3. The number of carbonyl (C=O) groups is 1. The van der Waals surface area contributed by atoms with Gasteiger partial charge >= 0.3 is 5.97 Å². The molecule has 3 N–H and O–H groups in total. The van der Waals surface area contributed by atoms with E-state index in [4.69, 9.17) is 20.3 Å². The van der Waals surface area contributed by atoms with Crippen LogP contribution in [0.2, 0.25) is 0 Å². The zero-order valence-electron chi connectivity index (χ0n) is 10.7. The van der Waals surface area contributed by atoms with Crippen molar-refractivity contribution in [3.63, 3.8) is 0 Å². The minimum Gasteiger partial charge on any atom is -0.493 e. The number of ether oxygens (including phenoxy) is 2. The molecule has 0 aliphatic rings. The number of methoxy groups -OCH3 is 1. The van der Waals surface area contributed by atoms with E-state index in [9.17, 15) is 4.79 Å². The van der Waals surface area contributed by atoms with Crippen LogP contribution in [0.25, 0.3) is 0 Å². The van der Waals surface area contributed by atoms with Crippen LogP contribution in [0.4, 0.5) is 0 Å². The van der Waals surface area contributed by atoms with E-state index in [1.54, 1.807) is 26.2 Å². The summed E-state index contributed by atoms with van der Waals surface area (Å²) in [6.45, 7) is 1.97. The van der Waals surface area contributed by atoms with E-state index < -0.39 is 11.4 Å². The van der Waals surface area contributed by atoms with Crippen molar-refractivity contribution >= 4 is 5.97 Å². The van der Waals surface area contributed by atoms with Gasteiger partial charge in [0.1, 0.15) is 0 Å². The SMILES string of the molecule is COc1ccccc1OCCC(C)(CN)C(=O)O. The standard InChI is InChI=1S/C13H19NO4/c1-13(9-14,12(15)16)7-8-18-11-6-4-3-5-10(11)17-2/h3-6H,7-9,14H2,1-2H3,(H,15,16). The molecule has 1 atom stereocenters. The Morgan fingerprint density at radius 3 is 2.50 bits per heavy atom. The summed E-state index contributed by atoms with van der Waals surface area (Å²) in [4.78, 5) is 11.1. The lowest BCUT2D eigenvalue weighted by Gasteiger charge is -2.22. The van der Waals surface area contributed by atoms with Crippen LogP contribution < -0.4 is 15.2 Å². The molecule has 0 fully saturated rings. The highest BCUT2D eigenvalue weighted by Crippen LogP contribution is 2.27. The number of rotatable bonds is 7. The van der Waals surface area contributed by atoms with Crippen LogP contribution in [0.1, 0.15) is 13.3 Å². The number of hydrogen-bond acceptors (Lipinski definition) is 4. The van der Waals surface area contributed by atoms with Crippen LogP contribution in [-0.2, 0) is 4.79 Å². The van der Waals surface area contributed by atoms with Gasteiger partial charge in [-0.15, -0.1) is 0 Å². The first-order chi connectivity index (χ1) is 8.53. The molecule has 0 saturated heterocycles. The van der Waals surface area contributed by atoms with Crippen molar-refractivity contribution in [2.45, 2.75) is 13.3 Å². The molecule has 5 heteroatoms. The van der Waals surface area contributed by atoms with Gasteiger partial charge in [0, 0.05) is 6.54 Å². The van der Waals surface area contributed by atoms with Gasteiger partial charge in [-0.1, -0.05) is 12.1 Å². The quantitative estimate of drug-likeness (QED) is 0.769. The van der Waals surface area contributed by atoms with Crippen molar-refractivity contribution in [3.05, 3.63) is 24.3 Å². The third-order valence-electron chi connectivity index (χ3n) is 2.95. The fourth-order valence-electron chi connectivity index (χ4n) is 1.42. The number of para-hydroxylation sites is 2. The number of benzene rings is 1. The predicted molar refractivity (Wildman–Crippen MR) is 67.9 cm³/mol. The van der Waals surface area contributed by atoms with Crippen molar-refractivity contribution < 1.29 is 19.4 Å².